The molecule has 228 valence electrons. The Morgan fingerprint density at radius 2 is 1.60 bits per heavy atom. The largest absolute Gasteiger partial charge is 0.425 e. The number of rotatable bonds is 12. The number of ether oxygens (including phenoxy) is 2. The van der Waals surface area contributed by atoms with Crippen molar-refractivity contribution < 1.29 is 41.6 Å². The lowest BCUT2D eigenvalue weighted by Gasteiger charge is -2.29. The van der Waals surface area contributed by atoms with Crippen molar-refractivity contribution >= 4 is 33.5 Å². The van der Waals surface area contributed by atoms with E-state index in [-0.39, 0.29) is 44.3 Å². The lowest BCUT2D eigenvalue weighted by atomic mass is 10.1. The summed E-state index contributed by atoms with van der Waals surface area (Å²) < 4.78 is 41.2. The Morgan fingerprint density at radius 1 is 0.953 bits per heavy atom. The fourth-order valence-corrected chi connectivity index (χ4v) is 5.74. The number of morpholine rings is 1. The van der Waals surface area contributed by atoms with Crippen LogP contribution in [-0.2, 0) is 34.7 Å². The van der Waals surface area contributed by atoms with Gasteiger partial charge < -0.3 is 25.0 Å². The summed E-state index contributed by atoms with van der Waals surface area (Å²) in [6.45, 7) is 2.61. The zero-order chi connectivity index (χ0) is 30.8. The maximum atomic E-state index is 13.3. The van der Waals surface area contributed by atoms with Gasteiger partial charge >= 0.3 is 18.1 Å². The van der Waals surface area contributed by atoms with E-state index in [9.17, 15) is 27.6 Å². The number of hydrogen-bond donors (Lipinski definition) is 2. The van der Waals surface area contributed by atoms with Gasteiger partial charge in [0.2, 0.25) is 11.7 Å². The van der Waals surface area contributed by atoms with Crippen molar-refractivity contribution in [1.82, 2.24) is 25.7 Å². The number of ketones is 1. The Kier molecular flexibility index (Phi) is 10.6. The number of carbonyl (C=O) groups is 4. The smallest absolute Gasteiger partial charge is 0.378 e. The van der Waals surface area contributed by atoms with Crippen molar-refractivity contribution in [3.8, 4) is 17.5 Å². The zero-order valence-electron chi connectivity index (χ0n) is 23.3. The van der Waals surface area contributed by atoms with Crippen LogP contribution in [0.2, 0.25) is 0 Å². The molecule has 0 unspecified atom stereocenters. The SMILES string of the molecule is CC[C@H](NC(=O)[C@H](CS(=O)(=O)Cc1ccccc1)NC(=O)N1CCOCC1)C(=O)C(=O)Oc1nc(-c2ccccc2)no1. The molecule has 0 bridgehead atoms. The summed E-state index contributed by atoms with van der Waals surface area (Å²) in [5.74, 6) is -4.46. The summed E-state index contributed by atoms with van der Waals surface area (Å²) in [6, 6.07) is 13.4. The van der Waals surface area contributed by atoms with Crippen molar-refractivity contribution in [2.75, 3.05) is 32.1 Å². The number of carbonyl (C=O) groups excluding carboxylic acids is 4. The van der Waals surface area contributed by atoms with E-state index in [1.54, 1.807) is 60.7 Å². The highest BCUT2D eigenvalue weighted by molar-refractivity contribution is 7.90. The molecule has 1 aliphatic heterocycles. The average molecular weight is 614 g/mol. The molecule has 2 heterocycles. The Labute approximate surface area is 247 Å². The van der Waals surface area contributed by atoms with Crippen LogP contribution >= 0.6 is 0 Å². The highest BCUT2D eigenvalue weighted by Crippen LogP contribution is 2.18. The van der Waals surface area contributed by atoms with Crippen LogP contribution in [0, 0.1) is 0 Å². The lowest BCUT2D eigenvalue weighted by molar-refractivity contribution is -0.149. The molecule has 3 aromatic rings. The van der Waals surface area contributed by atoms with Crippen molar-refractivity contribution in [3.05, 3.63) is 66.2 Å². The molecule has 1 aliphatic rings. The number of nitrogens with zero attached hydrogens (tertiary/aromatic N) is 3. The molecule has 0 aliphatic carbocycles. The average Bonchev–Trinajstić information content (AvgIpc) is 3.48. The Morgan fingerprint density at radius 3 is 2.26 bits per heavy atom. The topological polar surface area (TPSA) is 187 Å². The Hall–Kier alpha value is -4.63. The van der Waals surface area contributed by atoms with Gasteiger partial charge in [0.05, 0.1) is 30.8 Å². The van der Waals surface area contributed by atoms with Crippen LogP contribution < -0.4 is 15.4 Å². The molecule has 4 rings (SSSR count). The first-order chi connectivity index (χ1) is 20.6. The zero-order valence-corrected chi connectivity index (χ0v) is 24.1. The standard InChI is InChI=1S/C28H31N5O9S/c1-2-21(23(34)26(36)41-28-31-24(32-42-28)20-11-7-4-8-12-20)29-25(35)22(30-27(37)33-13-15-40-16-14-33)18-43(38,39)17-19-9-5-3-6-10-19/h3-12,21-22H,2,13-18H2,1H3,(H,29,35)(H,30,37)/t21-,22-/m0/s1. The molecular weight excluding hydrogens is 582 g/mol. The summed E-state index contributed by atoms with van der Waals surface area (Å²) in [5.41, 5.74) is 1.09. The third-order valence-electron chi connectivity index (χ3n) is 6.42. The molecule has 14 nitrogen and oxygen atoms in total. The highest BCUT2D eigenvalue weighted by Gasteiger charge is 2.34. The van der Waals surface area contributed by atoms with Crippen LogP contribution in [0.15, 0.2) is 65.2 Å². The van der Waals surface area contributed by atoms with Gasteiger partial charge in [0.15, 0.2) is 9.84 Å². The van der Waals surface area contributed by atoms with E-state index in [4.69, 9.17) is 14.0 Å². The fraction of sp³-hybridized carbons (Fsp3) is 0.357. The van der Waals surface area contributed by atoms with E-state index >= 15 is 0 Å². The van der Waals surface area contributed by atoms with Gasteiger partial charge in [0, 0.05) is 18.7 Å². The van der Waals surface area contributed by atoms with Gasteiger partial charge in [-0.25, -0.2) is 18.0 Å². The first kappa shape index (κ1) is 31.3. The monoisotopic (exact) mass is 613 g/mol. The van der Waals surface area contributed by atoms with Gasteiger partial charge in [-0.2, -0.15) is 4.98 Å². The number of Topliss-reactive ketones (excluding diaryl/α,β-unsaturated/α-hetero) is 1. The first-order valence-electron chi connectivity index (χ1n) is 13.5. The molecule has 15 heteroatoms. The van der Waals surface area contributed by atoms with Crippen LogP contribution in [0.5, 0.6) is 6.08 Å². The number of sulfone groups is 1. The minimum absolute atomic E-state index is 0.0420. The van der Waals surface area contributed by atoms with Gasteiger partial charge in [-0.1, -0.05) is 72.7 Å². The molecule has 0 radical (unpaired) electrons. The van der Waals surface area contributed by atoms with E-state index in [1.165, 1.54) is 11.8 Å². The summed E-state index contributed by atoms with van der Waals surface area (Å²) in [6.07, 6.45) is -0.610. The van der Waals surface area contributed by atoms with Crippen molar-refractivity contribution in [1.29, 1.82) is 0 Å². The van der Waals surface area contributed by atoms with Gasteiger partial charge in [-0.15, -0.1) is 0 Å². The van der Waals surface area contributed by atoms with Crippen molar-refractivity contribution in [2.45, 2.75) is 31.2 Å². The quantitative estimate of drug-likeness (QED) is 0.220. The number of hydrogen-bond acceptors (Lipinski definition) is 11. The van der Waals surface area contributed by atoms with E-state index in [1.807, 2.05) is 0 Å². The van der Waals surface area contributed by atoms with Crippen LogP contribution in [0.3, 0.4) is 0 Å². The summed E-state index contributed by atoms with van der Waals surface area (Å²) in [7, 11) is -3.92. The van der Waals surface area contributed by atoms with Crippen molar-refractivity contribution in [3.63, 3.8) is 0 Å². The van der Waals surface area contributed by atoms with Gasteiger partial charge in [0.25, 0.3) is 5.78 Å². The number of esters is 1. The summed E-state index contributed by atoms with van der Waals surface area (Å²) in [5, 5.41) is 8.56. The molecule has 3 amide bonds. The van der Waals surface area contributed by atoms with Crippen LogP contribution in [0.1, 0.15) is 18.9 Å². The van der Waals surface area contributed by atoms with Gasteiger partial charge in [-0.3, -0.25) is 14.1 Å². The van der Waals surface area contributed by atoms with E-state index < -0.39 is 57.4 Å². The first-order valence-corrected chi connectivity index (χ1v) is 15.3. The molecule has 2 aromatic carbocycles. The van der Waals surface area contributed by atoms with E-state index in [0.717, 1.165) is 0 Å². The molecule has 1 fully saturated rings. The minimum Gasteiger partial charge on any atom is -0.378 e. The van der Waals surface area contributed by atoms with Crippen LogP contribution in [0.25, 0.3) is 11.4 Å². The molecule has 1 aromatic heterocycles. The molecule has 1 saturated heterocycles. The minimum atomic E-state index is -3.92. The molecular formula is C28H31N5O9S. The summed E-state index contributed by atoms with van der Waals surface area (Å²) in [4.78, 5) is 57.0. The molecule has 2 atom stereocenters. The van der Waals surface area contributed by atoms with Gasteiger partial charge in [-0.05, 0) is 12.0 Å². The Balaban J connectivity index is 1.44. The summed E-state index contributed by atoms with van der Waals surface area (Å²) >= 11 is 0. The number of amides is 3. The second kappa shape index (κ2) is 14.5. The maximum Gasteiger partial charge on any atom is 0.425 e. The fourth-order valence-electron chi connectivity index (χ4n) is 4.18. The lowest BCUT2D eigenvalue weighted by Crippen LogP contribution is -2.58. The second-order valence-electron chi connectivity index (χ2n) is 9.61. The number of aromatic nitrogens is 2. The van der Waals surface area contributed by atoms with E-state index in [2.05, 4.69) is 20.8 Å². The van der Waals surface area contributed by atoms with Crippen molar-refractivity contribution in [2.24, 2.45) is 0 Å². The van der Waals surface area contributed by atoms with Gasteiger partial charge in [0.1, 0.15) is 6.04 Å². The molecule has 0 spiro atoms. The normalized spacial score (nSPS) is 14.8. The predicted octanol–water partition coefficient (Wildman–Crippen LogP) is 1.13. The van der Waals surface area contributed by atoms with Crippen LogP contribution in [0.4, 0.5) is 4.79 Å². The number of nitrogens with one attached hydrogen (secondary N) is 2. The van der Waals surface area contributed by atoms with E-state index in [0.29, 0.717) is 11.1 Å². The number of urea groups is 1. The molecule has 0 saturated carbocycles. The molecule has 2 N–H and O–H groups in total. The second-order valence-corrected chi connectivity index (χ2v) is 11.7. The Bertz CT molecular complexity index is 1520. The third-order valence-corrected chi connectivity index (χ3v) is 8.04. The third kappa shape index (κ3) is 8.93. The number of benzene rings is 2. The predicted molar refractivity (Wildman–Crippen MR) is 151 cm³/mol. The van der Waals surface area contributed by atoms with Crippen LogP contribution in [-0.4, -0.2) is 91.3 Å². The highest BCUT2D eigenvalue weighted by atomic mass is 32.2. The molecule has 43 heavy (non-hydrogen) atoms. The maximum absolute atomic E-state index is 13.3.